The molecule has 5 heteroatoms. The zero-order valence-electron chi connectivity index (χ0n) is 9.15. The van der Waals surface area contributed by atoms with Crippen molar-refractivity contribution in [2.24, 2.45) is 0 Å². The number of halogens is 1. The Morgan fingerprint density at radius 2 is 1.88 bits per heavy atom. The molecule has 90 valence electrons. The minimum absolute atomic E-state index is 0.0540. The molecule has 16 heavy (non-hydrogen) atoms. The number of hydrogen-bond donors (Lipinski definition) is 0. The third-order valence-electron chi connectivity index (χ3n) is 2.13. The van der Waals surface area contributed by atoms with E-state index < -0.39 is 9.05 Å². The molecule has 3 nitrogen and oxygen atoms in total. The first-order valence-electron chi connectivity index (χ1n) is 5.15. The summed E-state index contributed by atoms with van der Waals surface area (Å²) in [4.78, 5) is 0. The molecule has 0 unspecified atom stereocenters. The van der Waals surface area contributed by atoms with Gasteiger partial charge in [0.05, 0.1) is 12.4 Å². The van der Waals surface area contributed by atoms with Gasteiger partial charge >= 0.3 is 0 Å². The summed E-state index contributed by atoms with van der Waals surface area (Å²) in [6.45, 7) is 2.44. The second-order valence-electron chi connectivity index (χ2n) is 3.44. The highest BCUT2D eigenvalue weighted by molar-refractivity contribution is 8.13. The molecule has 0 N–H and O–H groups in total. The third-order valence-corrected chi connectivity index (χ3v) is 3.37. The molecular formula is C11H15ClO3S. The molecule has 0 heterocycles. The summed E-state index contributed by atoms with van der Waals surface area (Å²) in [5.41, 5.74) is 1.25. The number of benzene rings is 1. The van der Waals surface area contributed by atoms with Gasteiger partial charge in [-0.25, -0.2) is 8.42 Å². The van der Waals surface area contributed by atoms with Gasteiger partial charge in [0.25, 0.3) is 0 Å². The lowest BCUT2D eigenvalue weighted by Gasteiger charge is -2.05. The predicted octanol–water partition coefficient (Wildman–Crippen LogP) is 2.59. The Hall–Kier alpha value is -0.740. The van der Waals surface area contributed by atoms with Crippen LogP contribution in [0.2, 0.25) is 0 Å². The van der Waals surface area contributed by atoms with Crippen LogP contribution in [0.4, 0.5) is 0 Å². The van der Waals surface area contributed by atoms with Gasteiger partial charge in [0, 0.05) is 10.7 Å². The Kier molecular flexibility index (Phi) is 5.09. The first-order chi connectivity index (χ1) is 7.51. The zero-order valence-corrected chi connectivity index (χ0v) is 10.7. The molecule has 1 aromatic carbocycles. The van der Waals surface area contributed by atoms with Crippen LogP contribution in [0.3, 0.4) is 0 Å². The Morgan fingerprint density at radius 3 is 2.38 bits per heavy atom. The highest BCUT2D eigenvalue weighted by Gasteiger charge is 2.04. The quantitative estimate of drug-likeness (QED) is 0.585. The van der Waals surface area contributed by atoms with E-state index in [0.29, 0.717) is 13.0 Å². The van der Waals surface area contributed by atoms with E-state index in [1.54, 1.807) is 0 Å². The van der Waals surface area contributed by atoms with Crippen LogP contribution < -0.4 is 4.74 Å². The van der Waals surface area contributed by atoms with E-state index in [1.165, 1.54) is 5.56 Å². The standard InChI is InChI=1S/C11H15ClO3S/c1-2-10-4-6-11(7-5-10)15-8-3-9-16(12,13)14/h4-7H,2-3,8-9H2,1H3. The van der Waals surface area contributed by atoms with Gasteiger partial charge in [-0.05, 0) is 30.5 Å². The van der Waals surface area contributed by atoms with Crippen LogP contribution in [0.15, 0.2) is 24.3 Å². The van der Waals surface area contributed by atoms with Crippen molar-refractivity contribution in [2.45, 2.75) is 19.8 Å². The van der Waals surface area contributed by atoms with Crippen LogP contribution in [0.5, 0.6) is 5.75 Å². The summed E-state index contributed by atoms with van der Waals surface area (Å²) in [6, 6.07) is 7.75. The lowest BCUT2D eigenvalue weighted by atomic mass is 10.2. The van der Waals surface area contributed by atoms with Crippen molar-refractivity contribution < 1.29 is 13.2 Å². The van der Waals surface area contributed by atoms with E-state index in [-0.39, 0.29) is 5.75 Å². The molecule has 0 amide bonds. The molecule has 0 aromatic heterocycles. The molecule has 1 aromatic rings. The van der Waals surface area contributed by atoms with E-state index >= 15 is 0 Å². The van der Waals surface area contributed by atoms with E-state index in [1.807, 2.05) is 24.3 Å². The fourth-order valence-electron chi connectivity index (χ4n) is 1.24. The lowest BCUT2D eigenvalue weighted by molar-refractivity contribution is 0.318. The molecule has 0 saturated heterocycles. The van der Waals surface area contributed by atoms with Crippen molar-refractivity contribution in [3.05, 3.63) is 29.8 Å². The van der Waals surface area contributed by atoms with Gasteiger partial charge in [0.15, 0.2) is 0 Å². The number of aryl methyl sites for hydroxylation is 1. The first kappa shape index (κ1) is 13.3. The molecule has 1 rings (SSSR count). The molecule has 0 fully saturated rings. The Balaban J connectivity index is 2.32. The lowest BCUT2D eigenvalue weighted by Crippen LogP contribution is -2.04. The summed E-state index contributed by atoms with van der Waals surface area (Å²) in [7, 11) is 1.67. The van der Waals surface area contributed by atoms with Crippen molar-refractivity contribution >= 4 is 19.7 Å². The Bertz CT molecular complexity index is 411. The predicted molar refractivity (Wildman–Crippen MR) is 65.6 cm³/mol. The maximum absolute atomic E-state index is 10.6. The Morgan fingerprint density at radius 1 is 1.25 bits per heavy atom. The normalized spacial score (nSPS) is 11.4. The summed E-state index contributed by atoms with van der Waals surface area (Å²) in [5.74, 6) is 0.700. The van der Waals surface area contributed by atoms with E-state index in [0.717, 1.165) is 12.2 Å². The van der Waals surface area contributed by atoms with Crippen molar-refractivity contribution in [2.75, 3.05) is 12.4 Å². The van der Waals surface area contributed by atoms with Gasteiger partial charge in [0.1, 0.15) is 5.75 Å². The van der Waals surface area contributed by atoms with Crippen molar-refractivity contribution in [1.29, 1.82) is 0 Å². The van der Waals surface area contributed by atoms with Crippen molar-refractivity contribution in [3.63, 3.8) is 0 Å². The van der Waals surface area contributed by atoms with Crippen molar-refractivity contribution in [1.82, 2.24) is 0 Å². The van der Waals surface area contributed by atoms with Gasteiger partial charge in [0.2, 0.25) is 9.05 Å². The van der Waals surface area contributed by atoms with Crippen LogP contribution in [0.25, 0.3) is 0 Å². The topological polar surface area (TPSA) is 43.4 Å². The third kappa shape index (κ3) is 5.37. The fourth-order valence-corrected chi connectivity index (χ4v) is 2.03. The van der Waals surface area contributed by atoms with Gasteiger partial charge in [-0.2, -0.15) is 0 Å². The largest absolute Gasteiger partial charge is 0.494 e. The Labute approximate surface area is 101 Å². The van der Waals surface area contributed by atoms with E-state index in [9.17, 15) is 8.42 Å². The first-order valence-corrected chi connectivity index (χ1v) is 7.63. The monoisotopic (exact) mass is 262 g/mol. The highest BCUT2D eigenvalue weighted by Crippen LogP contribution is 2.12. The molecule has 0 saturated carbocycles. The maximum atomic E-state index is 10.6. The zero-order chi connectivity index (χ0) is 12.0. The summed E-state index contributed by atoms with van der Waals surface area (Å²) < 4.78 is 26.6. The van der Waals surface area contributed by atoms with Gasteiger partial charge < -0.3 is 4.74 Å². The fraction of sp³-hybridized carbons (Fsp3) is 0.455. The van der Waals surface area contributed by atoms with Crippen LogP contribution in [-0.4, -0.2) is 20.8 Å². The molecule has 0 spiro atoms. The number of ether oxygens (including phenoxy) is 1. The summed E-state index contributed by atoms with van der Waals surface area (Å²) in [6.07, 6.45) is 1.39. The smallest absolute Gasteiger partial charge is 0.232 e. The van der Waals surface area contributed by atoms with E-state index in [4.69, 9.17) is 15.4 Å². The molecule has 0 atom stereocenters. The van der Waals surface area contributed by atoms with Crippen LogP contribution in [0, 0.1) is 0 Å². The maximum Gasteiger partial charge on any atom is 0.232 e. The molecule has 0 aliphatic heterocycles. The molecule has 0 radical (unpaired) electrons. The second-order valence-corrected chi connectivity index (χ2v) is 6.34. The average Bonchev–Trinajstić information content (AvgIpc) is 2.24. The average molecular weight is 263 g/mol. The minimum Gasteiger partial charge on any atom is -0.494 e. The van der Waals surface area contributed by atoms with Crippen LogP contribution >= 0.6 is 10.7 Å². The molecule has 0 bridgehead atoms. The van der Waals surface area contributed by atoms with Gasteiger partial charge in [-0.1, -0.05) is 19.1 Å². The minimum atomic E-state index is -3.40. The number of rotatable bonds is 6. The molecule has 0 aliphatic rings. The summed E-state index contributed by atoms with van der Waals surface area (Å²) in [5, 5.41) is 0. The van der Waals surface area contributed by atoms with Crippen molar-refractivity contribution in [3.8, 4) is 5.75 Å². The van der Waals surface area contributed by atoms with Crippen LogP contribution in [-0.2, 0) is 15.5 Å². The second kappa shape index (κ2) is 6.11. The van der Waals surface area contributed by atoms with E-state index in [2.05, 4.69) is 6.92 Å². The van der Waals surface area contributed by atoms with Gasteiger partial charge in [-0.3, -0.25) is 0 Å². The summed E-state index contributed by atoms with van der Waals surface area (Å²) >= 11 is 0. The van der Waals surface area contributed by atoms with Crippen LogP contribution in [0.1, 0.15) is 18.9 Å². The molecule has 0 aliphatic carbocycles. The SMILES string of the molecule is CCc1ccc(OCCCS(=O)(=O)Cl)cc1. The highest BCUT2D eigenvalue weighted by atomic mass is 35.7. The van der Waals surface area contributed by atoms with Gasteiger partial charge in [-0.15, -0.1) is 0 Å². The molecular weight excluding hydrogens is 248 g/mol. The number of hydrogen-bond acceptors (Lipinski definition) is 3.